The predicted octanol–water partition coefficient (Wildman–Crippen LogP) is 3.11. The Hall–Kier alpha value is -2.50. The fraction of sp³-hybridized carbons (Fsp3) is 0.0769. The van der Waals surface area contributed by atoms with Gasteiger partial charge in [-0.3, -0.25) is 0 Å². The summed E-state index contributed by atoms with van der Waals surface area (Å²) in [6, 6.07) is 5.80. The van der Waals surface area contributed by atoms with E-state index in [4.69, 9.17) is 5.11 Å². The summed E-state index contributed by atoms with van der Waals surface area (Å²) in [6.07, 6.45) is 0. The van der Waals surface area contributed by atoms with Crippen molar-refractivity contribution < 1.29 is 18.7 Å². The molecule has 19 heavy (non-hydrogen) atoms. The average Bonchev–Trinajstić information content (AvgIpc) is 2.26. The van der Waals surface area contributed by atoms with Gasteiger partial charge in [-0.05, 0) is 31.2 Å². The fourth-order valence-electron chi connectivity index (χ4n) is 1.63. The molecule has 6 heteroatoms. The molecule has 0 radical (unpaired) electrons. The molecule has 0 aliphatic carbocycles. The van der Waals surface area contributed by atoms with Crippen LogP contribution in [0.5, 0.6) is 0 Å². The first kappa shape index (κ1) is 12.9. The Morgan fingerprint density at radius 2 is 1.84 bits per heavy atom. The number of aromatic carboxylic acids is 1. The van der Waals surface area contributed by atoms with Crippen molar-refractivity contribution >= 4 is 17.5 Å². The van der Waals surface area contributed by atoms with E-state index in [-0.39, 0.29) is 11.3 Å². The van der Waals surface area contributed by atoms with Crippen LogP contribution in [-0.2, 0) is 0 Å². The number of aromatic nitrogens is 1. The smallest absolute Gasteiger partial charge is 0.337 e. The molecule has 4 nitrogen and oxygen atoms in total. The molecule has 0 aliphatic rings. The number of carboxylic acids is 1. The lowest BCUT2D eigenvalue weighted by molar-refractivity contribution is 0.0695. The van der Waals surface area contributed by atoms with Crippen molar-refractivity contribution in [2.75, 3.05) is 5.32 Å². The first-order chi connectivity index (χ1) is 8.95. The van der Waals surface area contributed by atoms with Gasteiger partial charge in [0.2, 0.25) is 0 Å². The standard InChI is InChI=1S/C13H10F2N2O2/c1-7-11(13(18)19)2-3-12(16-7)17-10-5-8(14)4-9(15)6-10/h2-6H,1H3,(H,16,17)(H,18,19). The predicted molar refractivity (Wildman–Crippen MR) is 65.6 cm³/mol. The van der Waals surface area contributed by atoms with Crippen molar-refractivity contribution in [1.29, 1.82) is 0 Å². The molecule has 0 amide bonds. The van der Waals surface area contributed by atoms with E-state index < -0.39 is 17.6 Å². The number of carboxylic acid groups (broad SMARTS) is 1. The molecular formula is C13H10F2N2O2. The molecule has 0 spiro atoms. The van der Waals surface area contributed by atoms with Gasteiger partial charge in [0.25, 0.3) is 0 Å². The van der Waals surface area contributed by atoms with E-state index in [2.05, 4.69) is 10.3 Å². The van der Waals surface area contributed by atoms with Gasteiger partial charge in [0, 0.05) is 11.8 Å². The minimum atomic E-state index is -1.08. The summed E-state index contributed by atoms with van der Waals surface area (Å²) < 4.78 is 26.0. The van der Waals surface area contributed by atoms with Crippen LogP contribution in [0, 0.1) is 18.6 Å². The van der Waals surface area contributed by atoms with Crippen LogP contribution in [0.15, 0.2) is 30.3 Å². The van der Waals surface area contributed by atoms with E-state index in [9.17, 15) is 13.6 Å². The molecule has 98 valence electrons. The number of aryl methyl sites for hydroxylation is 1. The molecule has 0 bridgehead atoms. The highest BCUT2D eigenvalue weighted by atomic mass is 19.1. The first-order valence-corrected chi connectivity index (χ1v) is 5.40. The van der Waals surface area contributed by atoms with Gasteiger partial charge in [-0.25, -0.2) is 18.6 Å². The number of anilines is 2. The number of pyridine rings is 1. The van der Waals surface area contributed by atoms with Crippen molar-refractivity contribution in [1.82, 2.24) is 4.98 Å². The topological polar surface area (TPSA) is 62.2 Å². The summed E-state index contributed by atoms with van der Waals surface area (Å²) in [5, 5.41) is 11.6. The summed E-state index contributed by atoms with van der Waals surface area (Å²) in [4.78, 5) is 14.8. The van der Waals surface area contributed by atoms with Gasteiger partial charge < -0.3 is 10.4 Å². The van der Waals surface area contributed by atoms with Crippen LogP contribution < -0.4 is 5.32 Å². The van der Waals surface area contributed by atoms with Crippen LogP contribution in [-0.4, -0.2) is 16.1 Å². The van der Waals surface area contributed by atoms with Crippen LogP contribution in [0.25, 0.3) is 0 Å². The van der Waals surface area contributed by atoms with Gasteiger partial charge in [0.15, 0.2) is 0 Å². The van der Waals surface area contributed by atoms with Crippen molar-refractivity contribution in [2.45, 2.75) is 6.92 Å². The summed E-state index contributed by atoms with van der Waals surface area (Å²) >= 11 is 0. The third kappa shape index (κ3) is 3.04. The number of carbonyl (C=O) groups is 1. The lowest BCUT2D eigenvalue weighted by atomic mass is 10.2. The van der Waals surface area contributed by atoms with Gasteiger partial charge in [-0.1, -0.05) is 0 Å². The normalized spacial score (nSPS) is 10.3. The molecule has 0 aliphatic heterocycles. The molecular weight excluding hydrogens is 254 g/mol. The van der Waals surface area contributed by atoms with Crippen molar-refractivity contribution in [3.63, 3.8) is 0 Å². The van der Waals surface area contributed by atoms with E-state index in [0.717, 1.165) is 18.2 Å². The quantitative estimate of drug-likeness (QED) is 0.894. The number of hydrogen-bond acceptors (Lipinski definition) is 3. The number of halogens is 2. The number of nitrogens with one attached hydrogen (secondary N) is 1. The lowest BCUT2D eigenvalue weighted by Gasteiger charge is -2.08. The zero-order valence-corrected chi connectivity index (χ0v) is 9.95. The second-order valence-electron chi connectivity index (χ2n) is 3.92. The number of hydrogen-bond donors (Lipinski definition) is 2. The van der Waals surface area contributed by atoms with Crippen molar-refractivity contribution in [3.05, 3.63) is 53.2 Å². The van der Waals surface area contributed by atoms with Crippen molar-refractivity contribution in [3.8, 4) is 0 Å². The van der Waals surface area contributed by atoms with Crippen LogP contribution in [0.1, 0.15) is 16.1 Å². The summed E-state index contributed by atoms with van der Waals surface area (Å²) in [7, 11) is 0. The maximum Gasteiger partial charge on any atom is 0.337 e. The zero-order valence-electron chi connectivity index (χ0n) is 9.95. The fourth-order valence-corrected chi connectivity index (χ4v) is 1.63. The van der Waals surface area contributed by atoms with Gasteiger partial charge in [0.1, 0.15) is 17.5 Å². The highest BCUT2D eigenvalue weighted by Crippen LogP contribution is 2.19. The molecule has 1 heterocycles. The Labute approximate surface area is 107 Å². The highest BCUT2D eigenvalue weighted by molar-refractivity contribution is 5.89. The highest BCUT2D eigenvalue weighted by Gasteiger charge is 2.09. The maximum absolute atomic E-state index is 13.0. The molecule has 0 saturated heterocycles. The SMILES string of the molecule is Cc1nc(Nc2cc(F)cc(F)c2)ccc1C(=O)O. The zero-order chi connectivity index (χ0) is 14.0. The third-order valence-electron chi connectivity index (χ3n) is 2.45. The molecule has 1 aromatic heterocycles. The Morgan fingerprint density at radius 3 is 2.37 bits per heavy atom. The van der Waals surface area contributed by atoms with Crippen molar-refractivity contribution in [2.24, 2.45) is 0 Å². The van der Waals surface area contributed by atoms with Crippen LogP contribution in [0.2, 0.25) is 0 Å². The summed E-state index contributed by atoms with van der Waals surface area (Å²) in [5.41, 5.74) is 0.595. The molecule has 2 N–H and O–H groups in total. The molecule has 0 fully saturated rings. The molecule has 2 rings (SSSR count). The minimum absolute atomic E-state index is 0.0796. The van der Waals surface area contributed by atoms with Gasteiger partial charge in [-0.15, -0.1) is 0 Å². The number of benzene rings is 1. The van der Waals surface area contributed by atoms with E-state index in [1.165, 1.54) is 12.1 Å². The third-order valence-corrected chi connectivity index (χ3v) is 2.45. The van der Waals surface area contributed by atoms with E-state index in [1.807, 2.05) is 0 Å². The lowest BCUT2D eigenvalue weighted by Crippen LogP contribution is -2.03. The molecule has 1 aromatic carbocycles. The van der Waals surface area contributed by atoms with Crippen LogP contribution >= 0.6 is 0 Å². The minimum Gasteiger partial charge on any atom is -0.478 e. The second kappa shape index (κ2) is 5.01. The monoisotopic (exact) mass is 264 g/mol. The van der Waals surface area contributed by atoms with E-state index >= 15 is 0 Å². The molecule has 0 unspecified atom stereocenters. The Bertz CT molecular complexity index is 624. The number of rotatable bonds is 3. The largest absolute Gasteiger partial charge is 0.478 e. The average molecular weight is 264 g/mol. The van der Waals surface area contributed by atoms with Gasteiger partial charge >= 0.3 is 5.97 Å². The van der Waals surface area contributed by atoms with E-state index in [1.54, 1.807) is 6.92 Å². The Balaban J connectivity index is 2.28. The van der Waals surface area contributed by atoms with Crippen LogP contribution in [0.3, 0.4) is 0 Å². The second-order valence-corrected chi connectivity index (χ2v) is 3.92. The maximum atomic E-state index is 13.0. The summed E-state index contributed by atoms with van der Waals surface area (Å²) in [6.45, 7) is 1.54. The van der Waals surface area contributed by atoms with Gasteiger partial charge in [0.05, 0.1) is 11.3 Å². The molecule has 0 saturated carbocycles. The molecule has 2 aromatic rings. The summed E-state index contributed by atoms with van der Waals surface area (Å²) in [5.74, 6) is -2.18. The van der Waals surface area contributed by atoms with Crippen LogP contribution in [0.4, 0.5) is 20.3 Å². The number of nitrogens with zero attached hydrogens (tertiary/aromatic N) is 1. The Kier molecular flexibility index (Phi) is 3.41. The van der Waals surface area contributed by atoms with Gasteiger partial charge in [-0.2, -0.15) is 0 Å². The molecule has 0 atom stereocenters. The first-order valence-electron chi connectivity index (χ1n) is 5.40. The Morgan fingerprint density at radius 1 is 1.21 bits per heavy atom. The van der Waals surface area contributed by atoms with E-state index in [0.29, 0.717) is 11.5 Å².